The molecule has 0 spiro atoms. The Labute approximate surface area is 77.8 Å². The lowest BCUT2D eigenvalue weighted by molar-refractivity contribution is 0.268. The number of hydrogen-bond acceptors (Lipinski definition) is 4. The van der Waals surface area contributed by atoms with Crippen LogP contribution in [0.25, 0.3) is 0 Å². The maximum Gasteiger partial charge on any atom is 0.140 e. The van der Waals surface area contributed by atoms with Crippen LogP contribution in [0.15, 0.2) is 6.33 Å². The van der Waals surface area contributed by atoms with Gasteiger partial charge in [-0.2, -0.15) is 5.10 Å². The van der Waals surface area contributed by atoms with Crippen molar-refractivity contribution in [1.29, 1.82) is 0 Å². The normalized spacial score (nSPS) is 13.2. The molecule has 5 nitrogen and oxygen atoms in total. The Morgan fingerprint density at radius 3 is 3.00 bits per heavy atom. The van der Waals surface area contributed by atoms with E-state index in [0.717, 1.165) is 12.2 Å². The van der Waals surface area contributed by atoms with E-state index in [1.807, 2.05) is 14.0 Å². The van der Waals surface area contributed by atoms with Gasteiger partial charge in [-0.3, -0.25) is 4.68 Å². The second kappa shape index (κ2) is 4.94. The van der Waals surface area contributed by atoms with Crippen molar-refractivity contribution in [1.82, 2.24) is 20.1 Å². The molecule has 5 heteroatoms. The van der Waals surface area contributed by atoms with Gasteiger partial charge >= 0.3 is 0 Å². The van der Waals surface area contributed by atoms with Gasteiger partial charge in [0.2, 0.25) is 0 Å². The number of aliphatic hydroxyl groups excluding tert-OH is 1. The molecule has 1 atom stereocenters. The van der Waals surface area contributed by atoms with Gasteiger partial charge in [0.25, 0.3) is 0 Å². The van der Waals surface area contributed by atoms with E-state index in [9.17, 15) is 0 Å². The lowest BCUT2D eigenvalue weighted by Crippen LogP contribution is -2.27. The zero-order valence-corrected chi connectivity index (χ0v) is 8.06. The Morgan fingerprint density at radius 2 is 2.46 bits per heavy atom. The molecule has 1 heterocycles. The van der Waals surface area contributed by atoms with Crippen LogP contribution in [0.4, 0.5) is 0 Å². The minimum atomic E-state index is 0.215. The van der Waals surface area contributed by atoms with E-state index in [4.69, 9.17) is 5.11 Å². The Bertz CT molecular complexity index is 248. The summed E-state index contributed by atoms with van der Waals surface area (Å²) in [5, 5.41) is 15.9. The molecule has 74 valence electrons. The van der Waals surface area contributed by atoms with Crippen LogP contribution in [-0.2, 0) is 13.6 Å². The summed E-state index contributed by atoms with van der Waals surface area (Å²) in [6.45, 7) is 2.94. The first-order valence-corrected chi connectivity index (χ1v) is 4.41. The number of nitrogens with zero attached hydrogens (tertiary/aromatic N) is 3. The number of nitrogens with one attached hydrogen (secondary N) is 1. The first-order chi connectivity index (χ1) is 6.24. The molecule has 0 saturated carbocycles. The molecule has 2 N–H and O–H groups in total. The average molecular weight is 184 g/mol. The van der Waals surface area contributed by atoms with Gasteiger partial charge in [0.15, 0.2) is 0 Å². The molecule has 1 aromatic rings. The fourth-order valence-electron chi connectivity index (χ4n) is 1.04. The molecule has 0 aromatic carbocycles. The van der Waals surface area contributed by atoms with E-state index in [1.165, 1.54) is 6.33 Å². The first kappa shape index (κ1) is 10.1. The fraction of sp³-hybridized carbons (Fsp3) is 0.750. The number of aliphatic hydroxyl groups is 1. The van der Waals surface area contributed by atoms with Crippen molar-refractivity contribution in [3.8, 4) is 0 Å². The minimum Gasteiger partial charge on any atom is -0.396 e. The summed E-state index contributed by atoms with van der Waals surface area (Å²) in [5.74, 6) is 0.907. The topological polar surface area (TPSA) is 63.0 Å². The van der Waals surface area contributed by atoms with Crippen molar-refractivity contribution in [2.75, 3.05) is 6.61 Å². The summed E-state index contributed by atoms with van der Waals surface area (Å²) in [4.78, 5) is 4.07. The van der Waals surface area contributed by atoms with Crippen molar-refractivity contribution >= 4 is 0 Å². The lowest BCUT2D eigenvalue weighted by Gasteiger charge is -2.11. The minimum absolute atomic E-state index is 0.215. The molecular formula is C8H16N4O. The van der Waals surface area contributed by atoms with Crippen molar-refractivity contribution in [3.63, 3.8) is 0 Å². The summed E-state index contributed by atoms with van der Waals surface area (Å²) in [5.41, 5.74) is 0. The van der Waals surface area contributed by atoms with Crippen molar-refractivity contribution in [2.45, 2.75) is 25.9 Å². The van der Waals surface area contributed by atoms with E-state index in [2.05, 4.69) is 15.4 Å². The van der Waals surface area contributed by atoms with E-state index in [-0.39, 0.29) is 6.61 Å². The smallest absolute Gasteiger partial charge is 0.140 e. The van der Waals surface area contributed by atoms with E-state index < -0.39 is 0 Å². The zero-order chi connectivity index (χ0) is 9.68. The first-order valence-electron chi connectivity index (χ1n) is 4.41. The standard InChI is InChI=1S/C8H16N4O/c1-7(3-4-13)9-5-8-10-6-11-12(8)2/h6-7,9,13H,3-5H2,1-2H3. The molecule has 0 saturated heterocycles. The van der Waals surface area contributed by atoms with Crippen molar-refractivity contribution in [3.05, 3.63) is 12.2 Å². The Balaban J connectivity index is 2.30. The highest BCUT2D eigenvalue weighted by molar-refractivity contribution is 4.82. The number of aryl methyl sites for hydroxylation is 1. The SMILES string of the molecule is CC(CCO)NCc1ncnn1C. The zero-order valence-electron chi connectivity index (χ0n) is 8.06. The molecule has 1 rings (SSSR count). The van der Waals surface area contributed by atoms with E-state index in [0.29, 0.717) is 12.6 Å². The molecule has 1 aromatic heterocycles. The predicted molar refractivity (Wildman–Crippen MR) is 49.0 cm³/mol. The highest BCUT2D eigenvalue weighted by Gasteiger charge is 2.03. The highest BCUT2D eigenvalue weighted by atomic mass is 16.3. The number of rotatable bonds is 5. The number of hydrogen-bond donors (Lipinski definition) is 2. The molecule has 0 amide bonds. The van der Waals surface area contributed by atoms with Gasteiger partial charge in [-0.1, -0.05) is 0 Å². The Kier molecular flexibility index (Phi) is 3.85. The summed E-state index contributed by atoms with van der Waals surface area (Å²) < 4.78 is 1.73. The van der Waals surface area contributed by atoms with Gasteiger partial charge in [-0.15, -0.1) is 0 Å². The van der Waals surface area contributed by atoms with Crippen LogP contribution in [-0.4, -0.2) is 32.5 Å². The van der Waals surface area contributed by atoms with E-state index >= 15 is 0 Å². The maximum absolute atomic E-state index is 8.68. The summed E-state index contributed by atoms with van der Waals surface area (Å²) in [7, 11) is 1.86. The van der Waals surface area contributed by atoms with E-state index in [1.54, 1.807) is 4.68 Å². The monoisotopic (exact) mass is 184 g/mol. The van der Waals surface area contributed by atoms with Crippen molar-refractivity contribution in [2.24, 2.45) is 7.05 Å². The summed E-state index contributed by atoms with van der Waals surface area (Å²) in [6, 6.07) is 0.307. The van der Waals surface area contributed by atoms with Gasteiger partial charge in [0.1, 0.15) is 12.2 Å². The maximum atomic E-state index is 8.68. The average Bonchev–Trinajstić information content (AvgIpc) is 2.48. The third-order valence-corrected chi connectivity index (χ3v) is 1.98. The quantitative estimate of drug-likeness (QED) is 0.658. The fourth-order valence-corrected chi connectivity index (χ4v) is 1.04. The summed E-state index contributed by atoms with van der Waals surface area (Å²) >= 11 is 0. The third-order valence-electron chi connectivity index (χ3n) is 1.98. The molecule has 0 radical (unpaired) electrons. The third kappa shape index (κ3) is 3.12. The van der Waals surface area contributed by atoms with Crippen LogP contribution in [0.1, 0.15) is 19.2 Å². The Morgan fingerprint density at radius 1 is 1.69 bits per heavy atom. The molecule has 0 aliphatic carbocycles. The molecule has 13 heavy (non-hydrogen) atoms. The molecule has 0 aliphatic heterocycles. The summed E-state index contributed by atoms with van der Waals surface area (Å²) in [6.07, 6.45) is 2.30. The molecule has 0 fully saturated rings. The lowest BCUT2D eigenvalue weighted by atomic mass is 10.2. The Hall–Kier alpha value is -0.940. The van der Waals surface area contributed by atoms with Crippen LogP contribution in [0.2, 0.25) is 0 Å². The van der Waals surface area contributed by atoms with Crippen LogP contribution in [0, 0.1) is 0 Å². The predicted octanol–water partition coefficient (Wildman–Crippen LogP) is -0.324. The highest BCUT2D eigenvalue weighted by Crippen LogP contribution is 1.93. The van der Waals surface area contributed by atoms with Gasteiger partial charge in [-0.05, 0) is 13.3 Å². The van der Waals surface area contributed by atoms with Gasteiger partial charge < -0.3 is 10.4 Å². The van der Waals surface area contributed by atoms with Gasteiger partial charge in [0, 0.05) is 19.7 Å². The second-order valence-corrected chi connectivity index (χ2v) is 3.09. The molecular weight excluding hydrogens is 168 g/mol. The van der Waals surface area contributed by atoms with Crippen LogP contribution in [0.3, 0.4) is 0 Å². The van der Waals surface area contributed by atoms with Crippen LogP contribution in [0.5, 0.6) is 0 Å². The van der Waals surface area contributed by atoms with Gasteiger partial charge in [0.05, 0.1) is 6.54 Å². The molecule has 0 bridgehead atoms. The number of aromatic nitrogens is 3. The van der Waals surface area contributed by atoms with Crippen molar-refractivity contribution < 1.29 is 5.11 Å². The van der Waals surface area contributed by atoms with Crippen LogP contribution < -0.4 is 5.32 Å². The largest absolute Gasteiger partial charge is 0.396 e. The molecule has 0 aliphatic rings. The molecule has 1 unspecified atom stereocenters. The van der Waals surface area contributed by atoms with Gasteiger partial charge in [-0.25, -0.2) is 4.98 Å². The second-order valence-electron chi connectivity index (χ2n) is 3.09. The van der Waals surface area contributed by atoms with Crippen LogP contribution >= 0.6 is 0 Å².